The molecule has 8 heteroatoms. The van der Waals surface area contributed by atoms with Crippen LogP contribution in [-0.4, -0.2) is 39.4 Å². The maximum Gasteiger partial charge on any atom is 0.240 e. The van der Waals surface area contributed by atoms with Crippen LogP contribution in [0.1, 0.15) is 24.0 Å². The molecule has 0 saturated heterocycles. The summed E-state index contributed by atoms with van der Waals surface area (Å²) >= 11 is 0. The molecule has 0 radical (unpaired) electrons. The second-order valence-corrected chi connectivity index (χ2v) is 6.17. The molecule has 0 bridgehead atoms. The molecule has 2 N–H and O–H groups in total. The molecule has 0 aliphatic carbocycles. The van der Waals surface area contributed by atoms with E-state index in [-0.39, 0.29) is 24.7 Å². The molecule has 0 saturated carbocycles. The monoisotopic (exact) mass is 399 g/mol. The molecule has 0 aliphatic heterocycles. The quantitative estimate of drug-likeness (QED) is 0.499. The van der Waals surface area contributed by atoms with Crippen LogP contribution in [0.15, 0.2) is 41.5 Å². The zero-order valence-electron chi connectivity index (χ0n) is 16.9. The highest BCUT2D eigenvalue weighted by Crippen LogP contribution is 2.37. The lowest BCUT2D eigenvalue weighted by molar-refractivity contribution is -0.124. The highest BCUT2D eigenvalue weighted by Gasteiger charge is 2.12. The summed E-state index contributed by atoms with van der Waals surface area (Å²) < 4.78 is 15.8. The third-order valence-electron chi connectivity index (χ3n) is 4.00. The third kappa shape index (κ3) is 6.53. The number of ether oxygens (including phenoxy) is 3. The lowest BCUT2D eigenvalue weighted by Gasteiger charge is -2.12. The van der Waals surface area contributed by atoms with E-state index in [2.05, 4.69) is 15.8 Å². The van der Waals surface area contributed by atoms with Gasteiger partial charge < -0.3 is 19.5 Å². The van der Waals surface area contributed by atoms with Crippen molar-refractivity contribution in [1.29, 1.82) is 0 Å². The van der Waals surface area contributed by atoms with E-state index in [0.717, 1.165) is 5.56 Å². The van der Waals surface area contributed by atoms with Gasteiger partial charge in [-0.3, -0.25) is 9.59 Å². The zero-order chi connectivity index (χ0) is 21.2. The second-order valence-electron chi connectivity index (χ2n) is 6.17. The number of hydrogen-bond acceptors (Lipinski definition) is 6. The fourth-order valence-electron chi connectivity index (χ4n) is 2.50. The van der Waals surface area contributed by atoms with Gasteiger partial charge in [0, 0.05) is 24.1 Å². The van der Waals surface area contributed by atoms with Gasteiger partial charge in [0.15, 0.2) is 11.5 Å². The van der Waals surface area contributed by atoms with Crippen LogP contribution in [0.3, 0.4) is 0 Å². The Morgan fingerprint density at radius 3 is 2.07 bits per heavy atom. The number of aryl methyl sites for hydroxylation is 1. The molecule has 0 atom stereocenters. The average molecular weight is 399 g/mol. The maximum absolute atomic E-state index is 11.9. The summed E-state index contributed by atoms with van der Waals surface area (Å²) in [6.45, 7) is 1.97. The van der Waals surface area contributed by atoms with Crippen molar-refractivity contribution >= 4 is 23.7 Å². The molecule has 0 unspecified atom stereocenters. The first kappa shape index (κ1) is 21.7. The van der Waals surface area contributed by atoms with Crippen molar-refractivity contribution in [3.63, 3.8) is 0 Å². The van der Waals surface area contributed by atoms with Crippen molar-refractivity contribution in [2.75, 3.05) is 26.6 Å². The number of amides is 2. The first-order chi connectivity index (χ1) is 14.0. The van der Waals surface area contributed by atoms with Crippen molar-refractivity contribution < 1.29 is 23.8 Å². The Hall–Kier alpha value is -3.55. The van der Waals surface area contributed by atoms with Gasteiger partial charge in [-0.15, -0.1) is 0 Å². The summed E-state index contributed by atoms with van der Waals surface area (Å²) in [7, 11) is 4.55. The molecular formula is C21H25N3O5. The zero-order valence-corrected chi connectivity index (χ0v) is 16.9. The van der Waals surface area contributed by atoms with Gasteiger partial charge in [-0.1, -0.05) is 17.7 Å². The summed E-state index contributed by atoms with van der Waals surface area (Å²) in [6.07, 6.45) is 1.53. The van der Waals surface area contributed by atoms with Gasteiger partial charge in [0.1, 0.15) is 0 Å². The Morgan fingerprint density at radius 2 is 1.52 bits per heavy atom. The van der Waals surface area contributed by atoms with Crippen molar-refractivity contribution in [1.82, 2.24) is 5.43 Å². The first-order valence-electron chi connectivity index (χ1n) is 8.95. The van der Waals surface area contributed by atoms with Crippen molar-refractivity contribution in [2.45, 2.75) is 19.8 Å². The Labute approximate surface area is 169 Å². The van der Waals surface area contributed by atoms with Gasteiger partial charge in [-0.2, -0.15) is 5.10 Å². The number of methoxy groups -OCH3 is 3. The van der Waals surface area contributed by atoms with Crippen molar-refractivity contribution in [3.05, 3.63) is 47.5 Å². The van der Waals surface area contributed by atoms with Crippen molar-refractivity contribution in [2.24, 2.45) is 5.10 Å². The van der Waals surface area contributed by atoms with E-state index in [1.54, 1.807) is 12.1 Å². The Kier molecular flexibility index (Phi) is 8.02. The maximum atomic E-state index is 11.9. The van der Waals surface area contributed by atoms with Crippen LogP contribution in [0.25, 0.3) is 0 Å². The van der Waals surface area contributed by atoms with Gasteiger partial charge >= 0.3 is 0 Å². The molecule has 0 heterocycles. The third-order valence-corrected chi connectivity index (χ3v) is 4.00. The van der Waals surface area contributed by atoms with E-state index in [4.69, 9.17) is 14.2 Å². The van der Waals surface area contributed by atoms with E-state index < -0.39 is 0 Å². The molecule has 2 aromatic rings. The number of rotatable bonds is 9. The van der Waals surface area contributed by atoms with Gasteiger partial charge in [0.25, 0.3) is 0 Å². The highest BCUT2D eigenvalue weighted by molar-refractivity contribution is 5.93. The Bertz CT molecular complexity index is 853. The fraction of sp³-hybridized carbons (Fsp3) is 0.286. The van der Waals surface area contributed by atoms with Crippen LogP contribution in [0, 0.1) is 6.92 Å². The molecule has 2 amide bonds. The number of anilines is 1. The van der Waals surface area contributed by atoms with Crippen LogP contribution in [0.4, 0.5) is 5.69 Å². The molecule has 0 fully saturated rings. The minimum Gasteiger partial charge on any atom is -0.493 e. The second kappa shape index (κ2) is 10.7. The summed E-state index contributed by atoms with van der Waals surface area (Å²) in [5.41, 5.74) is 4.85. The lowest BCUT2D eigenvalue weighted by atomic mass is 10.2. The topological polar surface area (TPSA) is 98.2 Å². The number of carbonyl (C=O) groups is 2. The SMILES string of the molecule is COc1cc(/C=N\NC(=O)CCC(=O)Nc2ccc(C)cc2)cc(OC)c1OC. The van der Waals surface area contributed by atoms with E-state index in [0.29, 0.717) is 28.5 Å². The summed E-state index contributed by atoms with van der Waals surface area (Å²) in [5.74, 6) is 0.820. The minimum absolute atomic E-state index is 0.0181. The normalized spacial score (nSPS) is 10.5. The summed E-state index contributed by atoms with van der Waals surface area (Å²) in [6, 6.07) is 10.8. The van der Waals surface area contributed by atoms with E-state index >= 15 is 0 Å². The summed E-state index contributed by atoms with van der Waals surface area (Å²) in [5, 5.41) is 6.66. The number of benzene rings is 2. The van der Waals surface area contributed by atoms with Crippen LogP contribution >= 0.6 is 0 Å². The Balaban J connectivity index is 1.86. The highest BCUT2D eigenvalue weighted by atomic mass is 16.5. The van der Waals surface area contributed by atoms with E-state index in [1.165, 1.54) is 27.5 Å². The number of nitrogens with one attached hydrogen (secondary N) is 2. The molecular weight excluding hydrogens is 374 g/mol. The lowest BCUT2D eigenvalue weighted by Crippen LogP contribution is -2.20. The van der Waals surface area contributed by atoms with Gasteiger partial charge in [0.05, 0.1) is 27.5 Å². The largest absolute Gasteiger partial charge is 0.493 e. The predicted octanol–water partition coefficient (Wildman–Crippen LogP) is 2.89. The van der Waals surface area contributed by atoms with E-state index in [9.17, 15) is 9.59 Å². The standard InChI is InChI=1S/C21H25N3O5/c1-14-5-7-16(8-6-14)23-19(25)9-10-20(26)24-22-13-15-11-17(27-2)21(29-4)18(12-15)28-3/h5-8,11-13H,9-10H2,1-4H3,(H,23,25)(H,24,26)/b22-13-. The van der Waals surface area contributed by atoms with Crippen LogP contribution in [-0.2, 0) is 9.59 Å². The average Bonchev–Trinajstić information content (AvgIpc) is 2.73. The van der Waals surface area contributed by atoms with Crippen LogP contribution in [0.2, 0.25) is 0 Å². The first-order valence-corrected chi connectivity index (χ1v) is 8.95. The van der Waals surface area contributed by atoms with Crippen LogP contribution < -0.4 is 25.0 Å². The molecule has 29 heavy (non-hydrogen) atoms. The molecule has 0 aromatic heterocycles. The molecule has 0 spiro atoms. The smallest absolute Gasteiger partial charge is 0.240 e. The molecule has 2 rings (SSSR count). The van der Waals surface area contributed by atoms with E-state index in [1.807, 2.05) is 31.2 Å². The number of hydrazone groups is 1. The van der Waals surface area contributed by atoms with Gasteiger partial charge in [0.2, 0.25) is 17.6 Å². The van der Waals surface area contributed by atoms with Crippen molar-refractivity contribution in [3.8, 4) is 17.2 Å². The number of nitrogens with zero attached hydrogens (tertiary/aromatic N) is 1. The Morgan fingerprint density at radius 1 is 0.931 bits per heavy atom. The number of carbonyl (C=O) groups excluding carboxylic acids is 2. The summed E-state index contributed by atoms with van der Waals surface area (Å²) in [4.78, 5) is 23.8. The molecule has 154 valence electrons. The molecule has 2 aromatic carbocycles. The van der Waals surface area contributed by atoms with Crippen LogP contribution in [0.5, 0.6) is 17.2 Å². The van der Waals surface area contributed by atoms with Gasteiger partial charge in [-0.25, -0.2) is 5.43 Å². The minimum atomic E-state index is -0.368. The number of hydrogen-bond donors (Lipinski definition) is 2. The van der Waals surface area contributed by atoms with Gasteiger partial charge in [-0.05, 0) is 31.2 Å². The predicted molar refractivity (Wildman–Crippen MR) is 111 cm³/mol. The fourth-order valence-corrected chi connectivity index (χ4v) is 2.50. The molecule has 8 nitrogen and oxygen atoms in total. The molecule has 0 aliphatic rings.